The van der Waals surface area contributed by atoms with Crippen LogP contribution in [-0.2, 0) is 0 Å². The lowest BCUT2D eigenvalue weighted by atomic mass is 10.1. The van der Waals surface area contributed by atoms with Gasteiger partial charge < -0.3 is 9.72 Å². The first kappa shape index (κ1) is 17.0. The summed E-state index contributed by atoms with van der Waals surface area (Å²) in [7, 11) is 0. The van der Waals surface area contributed by atoms with Gasteiger partial charge in [-0.05, 0) is 49.2 Å². The third kappa shape index (κ3) is 3.37. The second-order valence-corrected chi connectivity index (χ2v) is 7.45. The van der Waals surface area contributed by atoms with E-state index in [0.29, 0.717) is 16.5 Å². The highest BCUT2D eigenvalue weighted by molar-refractivity contribution is 6.30. The summed E-state index contributed by atoms with van der Waals surface area (Å²) in [6, 6.07) is 14.8. The normalized spacial score (nSPS) is 13.6. The fourth-order valence-corrected chi connectivity index (χ4v) is 3.32. The smallest absolute Gasteiger partial charge is 0.255 e. The highest BCUT2D eigenvalue weighted by Gasteiger charge is 2.26. The minimum absolute atomic E-state index is 0.155. The lowest BCUT2D eigenvalue weighted by molar-refractivity contribution is 0.102. The number of fused-ring (bicyclic) bond motifs is 1. The van der Waals surface area contributed by atoms with Gasteiger partial charge in [0.1, 0.15) is 5.65 Å². The number of amides is 1. The maximum Gasteiger partial charge on any atom is 0.255 e. The van der Waals surface area contributed by atoms with Gasteiger partial charge in [-0.15, -0.1) is 0 Å². The van der Waals surface area contributed by atoms with Crippen LogP contribution < -0.4 is 5.32 Å². The zero-order valence-electron chi connectivity index (χ0n) is 15.0. The zero-order valence-corrected chi connectivity index (χ0v) is 15.7. The average molecular weight is 389 g/mol. The van der Waals surface area contributed by atoms with Crippen molar-refractivity contribution in [2.45, 2.75) is 18.8 Å². The van der Waals surface area contributed by atoms with E-state index in [4.69, 9.17) is 11.6 Å². The molecule has 3 aromatic heterocycles. The first-order valence-electron chi connectivity index (χ1n) is 9.18. The number of aromatic nitrogens is 3. The standard InChI is InChI=1S/C22H17ClN4O/c23-17-7-9-19(24-11-17)14-3-5-16(6-4-14)22(28)25-18-8-10-21-26-20(15-1-2-15)13-27(21)12-18/h3-13,15H,1-2H2,(H,25,28). The Bertz CT molecular complexity index is 1160. The molecule has 1 fully saturated rings. The third-order valence-corrected chi connectivity index (χ3v) is 5.12. The predicted octanol–water partition coefficient (Wildman–Crippen LogP) is 5.18. The number of anilines is 1. The number of hydrogen-bond acceptors (Lipinski definition) is 3. The number of rotatable bonds is 4. The fourth-order valence-electron chi connectivity index (χ4n) is 3.20. The Morgan fingerprint density at radius 2 is 1.86 bits per heavy atom. The van der Waals surface area contributed by atoms with Crippen LogP contribution in [0.25, 0.3) is 16.9 Å². The molecule has 0 saturated heterocycles. The Morgan fingerprint density at radius 3 is 2.57 bits per heavy atom. The lowest BCUT2D eigenvalue weighted by Crippen LogP contribution is -2.12. The highest BCUT2D eigenvalue weighted by Crippen LogP contribution is 2.39. The number of nitrogens with zero attached hydrogens (tertiary/aromatic N) is 3. The first-order valence-corrected chi connectivity index (χ1v) is 9.55. The molecule has 28 heavy (non-hydrogen) atoms. The second kappa shape index (κ2) is 6.77. The van der Waals surface area contributed by atoms with Gasteiger partial charge in [0.15, 0.2) is 0 Å². The van der Waals surface area contributed by atoms with Gasteiger partial charge in [-0.2, -0.15) is 0 Å². The number of carbonyl (C=O) groups excluding carboxylic acids is 1. The molecule has 3 heterocycles. The van der Waals surface area contributed by atoms with Gasteiger partial charge in [0.05, 0.1) is 22.1 Å². The van der Waals surface area contributed by atoms with Crippen LogP contribution in [0.1, 0.15) is 34.8 Å². The Morgan fingerprint density at radius 1 is 1.04 bits per heavy atom. The molecule has 4 aromatic rings. The van der Waals surface area contributed by atoms with E-state index in [1.807, 2.05) is 40.9 Å². The van der Waals surface area contributed by atoms with E-state index in [0.717, 1.165) is 28.3 Å². The zero-order chi connectivity index (χ0) is 19.1. The van der Waals surface area contributed by atoms with E-state index < -0.39 is 0 Å². The Labute approximate surface area is 167 Å². The summed E-state index contributed by atoms with van der Waals surface area (Å²) in [6.07, 6.45) is 8.00. The molecule has 1 amide bonds. The monoisotopic (exact) mass is 388 g/mol. The molecule has 6 heteroatoms. The number of nitrogens with one attached hydrogen (secondary N) is 1. The molecule has 1 N–H and O–H groups in total. The van der Waals surface area contributed by atoms with Crippen LogP contribution in [-0.4, -0.2) is 20.3 Å². The largest absolute Gasteiger partial charge is 0.321 e. The fraction of sp³-hybridized carbons (Fsp3) is 0.136. The molecule has 5 rings (SSSR count). The van der Waals surface area contributed by atoms with E-state index in [1.165, 1.54) is 12.8 Å². The number of imidazole rings is 1. The van der Waals surface area contributed by atoms with Crippen molar-refractivity contribution in [3.63, 3.8) is 0 Å². The molecular weight excluding hydrogens is 372 g/mol. The summed E-state index contributed by atoms with van der Waals surface area (Å²) in [5.41, 5.74) is 5.10. The summed E-state index contributed by atoms with van der Waals surface area (Å²) in [4.78, 5) is 21.5. The molecular formula is C22H17ClN4O. The van der Waals surface area contributed by atoms with Crippen LogP contribution >= 0.6 is 11.6 Å². The van der Waals surface area contributed by atoms with E-state index in [9.17, 15) is 4.79 Å². The Balaban J connectivity index is 1.33. The minimum atomic E-state index is -0.155. The van der Waals surface area contributed by atoms with Crippen molar-refractivity contribution in [3.8, 4) is 11.3 Å². The van der Waals surface area contributed by atoms with E-state index in [1.54, 1.807) is 24.4 Å². The average Bonchev–Trinajstić information content (AvgIpc) is 3.48. The molecule has 1 saturated carbocycles. The van der Waals surface area contributed by atoms with Crippen LogP contribution in [0, 0.1) is 0 Å². The Hall–Kier alpha value is -3.18. The van der Waals surface area contributed by atoms with Gasteiger partial charge in [-0.3, -0.25) is 9.78 Å². The Kier molecular flexibility index (Phi) is 4.10. The van der Waals surface area contributed by atoms with Crippen molar-refractivity contribution >= 4 is 28.8 Å². The van der Waals surface area contributed by atoms with Gasteiger partial charge in [-0.25, -0.2) is 4.98 Å². The molecule has 0 radical (unpaired) electrons. The number of pyridine rings is 2. The summed E-state index contributed by atoms with van der Waals surface area (Å²) in [5, 5.41) is 3.55. The van der Waals surface area contributed by atoms with Gasteiger partial charge in [0.25, 0.3) is 5.91 Å². The van der Waals surface area contributed by atoms with Crippen molar-refractivity contribution in [1.82, 2.24) is 14.4 Å². The van der Waals surface area contributed by atoms with Gasteiger partial charge in [0, 0.05) is 35.6 Å². The molecule has 0 spiro atoms. The summed E-state index contributed by atoms with van der Waals surface area (Å²) < 4.78 is 1.97. The number of halogens is 1. The highest BCUT2D eigenvalue weighted by atomic mass is 35.5. The van der Waals surface area contributed by atoms with Crippen molar-refractivity contribution < 1.29 is 4.79 Å². The summed E-state index contributed by atoms with van der Waals surface area (Å²) >= 11 is 5.88. The molecule has 0 atom stereocenters. The first-order chi connectivity index (χ1) is 13.7. The molecule has 138 valence electrons. The van der Waals surface area contributed by atoms with Crippen LogP contribution in [0.3, 0.4) is 0 Å². The second-order valence-electron chi connectivity index (χ2n) is 7.02. The quantitative estimate of drug-likeness (QED) is 0.524. The summed E-state index contributed by atoms with van der Waals surface area (Å²) in [5.74, 6) is 0.448. The van der Waals surface area contributed by atoms with Crippen LogP contribution in [0.2, 0.25) is 5.02 Å². The van der Waals surface area contributed by atoms with Crippen LogP contribution in [0.5, 0.6) is 0 Å². The molecule has 0 aliphatic heterocycles. The van der Waals surface area contributed by atoms with Crippen molar-refractivity contribution in [1.29, 1.82) is 0 Å². The van der Waals surface area contributed by atoms with Gasteiger partial charge >= 0.3 is 0 Å². The van der Waals surface area contributed by atoms with E-state index >= 15 is 0 Å². The molecule has 1 aromatic carbocycles. The van der Waals surface area contributed by atoms with Gasteiger partial charge in [0.2, 0.25) is 0 Å². The van der Waals surface area contributed by atoms with Crippen molar-refractivity contribution in [2.75, 3.05) is 5.32 Å². The van der Waals surface area contributed by atoms with E-state index in [2.05, 4.69) is 21.5 Å². The molecule has 1 aliphatic carbocycles. The van der Waals surface area contributed by atoms with Gasteiger partial charge in [-0.1, -0.05) is 23.7 Å². The van der Waals surface area contributed by atoms with Crippen LogP contribution in [0.15, 0.2) is 67.1 Å². The van der Waals surface area contributed by atoms with E-state index in [-0.39, 0.29) is 5.91 Å². The van der Waals surface area contributed by atoms with Crippen LogP contribution in [0.4, 0.5) is 5.69 Å². The SMILES string of the molecule is O=C(Nc1ccc2nc(C3CC3)cn2c1)c1ccc(-c2ccc(Cl)cn2)cc1. The maximum absolute atomic E-state index is 12.6. The number of carbonyl (C=O) groups is 1. The maximum atomic E-state index is 12.6. The minimum Gasteiger partial charge on any atom is -0.321 e. The number of hydrogen-bond donors (Lipinski definition) is 1. The number of benzene rings is 1. The molecule has 1 aliphatic rings. The predicted molar refractivity (Wildman–Crippen MR) is 110 cm³/mol. The van der Waals surface area contributed by atoms with Crippen molar-refractivity contribution in [2.24, 2.45) is 0 Å². The molecule has 0 bridgehead atoms. The molecule has 0 unspecified atom stereocenters. The third-order valence-electron chi connectivity index (χ3n) is 4.89. The van der Waals surface area contributed by atoms with Crippen molar-refractivity contribution in [3.05, 3.63) is 83.4 Å². The topological polar surface area (TPSA) is 59.3 Å². The molecule has 5 nitrogen and oxygen atoms in total. The lowest BCUT2D eigenvalue weighted by Gasteiger charge is -2.07. The summed E-state index contributed by atoms with van der Waals surface area (Å²) in [6.45, 7) is 0.